The van der Waals surface area contributed by atoms with Crippen LogP contribution in [0.4, 0.5) is 0 Å². The topological polar surface area (TPSA) is 41.1 Å². The Labute approximate surface area is 102 Å². The molecule has 1 aromatic heterocycles. The molecule has 0 aliphatic rings. The minimum Gasteiger partial charge on any atom is -0.350 e. The fourth-order valence-corrected chi connectivity index (χ4v) is 2.49. The van der Waals surface area contributed by atoms with Crippen molar-refractivity contribution in [3.8, 4) is 0 Å². The molecule has 0 saturated carbocycles. The Balaban J connectivity index is 2.36. The van der Waals surface area contributed by atoms with E-state index in [4.69, 9.17) is 0 Å². The summed E-state index contributed by atoms with van der Waals surface area (Å²) in [6.45, 7) is 5.67. The largest absolute Gasteiger partial charge is 0.350 e. The number of hydrogen-bond acceptors (Lipinski definition) is 3. The fraction of sp³-hybridized carbons (Fsp3) is 0.500. The van der Waals surface area contributed by atoms with E-state index >= 15 is 0 Å². The van der Waals surface area contributed by atoms with Crippen molar-refractivity contribution in [1.29, 1.82) is 0 Å². The lowest BCUT2D eigenvalue weighted by Gasteiger charge is -2.12. The number of carbonyl (C=O) groups is 1. The Bertz CT molecular complexity index is 327. The number of carbonyl (C=O) groups excluding carboxylic acids is 1. The van der Waals surface area contributed by atoms with Gasteiger partial charge in [-0.25, -0.2) is 0 Å². The Morgan fingerprint density at radius 3 is 2.87 bits per heavy atom. The second kappa shape index (κ2) is 6.25. The lowest BCUT2D eigenvalue weighted by molar-refractivity contribution is 0.0954. The van der Waals surface area contributed by atoms with Gasteiger partial charge in [-0.1, -0.05) is 6.92 Å². The van der Waals surface area contributed by atoms with Gasteiger partial charge in [0.2, 0.25) is 0 Å². The summed E-state index contributed by atoms with van der Waals surface area (Å²) in [5, 5.41) is 6.12. The minimum atomic E-state index is -0.00421. The normalized spacial score (nSPS) is 12.5. The van der Waals surface area contributed by atoms with Gasteiger partial charge in [-0.2, -0.15) is 0 Å². The molecule has 1 amide bonds. The van der Waals surface area contributed by atoms with Crippen LogP contribution in [0.15, 0.2) is 15.9 Å². The van der Waals surface area contributed by atoms with Crippen LogP contribution < -0.4 is 10.6 Å². The van der Waals surface area contributed by atoms with Gasteiger partial charge in [0.1, 0.15) is 0 Å². The zero-order valence-electron chi connectivity index (χ0n) is 8.84. The monoisotopic (exact) mass is 290 g/mol. The molecule has 0 unspecified atom stereocenters. The number of amides is 1. The third-order valence-corrected chi connectivity index (χ3v) is 3.54. The van der Waals surface area contributed by atoms with Gasteiger partial charge in [-0.15, -0.1) is 11.3 Å². The third kappa shape index (κ3) is 4.32. The van der Waals surface area contributed by atoms with Crippen LogP contribution in [-0.2, 0) is 0 Å². The van der Waals surface area contributed by atoms with E-state index in [9.17, 15) is 4.79 Å². The van der Waals surface area contributed by atoms with Gasteiger partial charge in [-0.3, -0.25) is 4.79 Å². The average Bonchev–Trinajstić information content (AvgIpc) is 2.62. The molecule has 1 heterocycles. The molecule has 3 nitrogen and oxygen atoms in total. The summed E-state index contributed by atoms with van der Waals surface area (Å²) in [4.78, 5) is 12.4. The van der Waals surface area contributed by atoms with Gasteiger partial charge in [0.25, 0.3) is 5.91 Å². The molecule has 0 spiro atoms. The summed E-state index contributed by atoms with van der Waals surface area (Å²) < 4.78 is 0.979. The van der Waals surface area contributed by atoms with Crippen molar-refractivity contribution in [3.63, 3.8) is 0 Å². The van der Waals surface area contributed by atoms with E-state index in [-0.39, 0.29) is 5.91 Å². The lowest BCUT2D eigenvalue weighted by Crippen LogP contribution is -2.38. The van der Waals surface area contributed by atoms with Crippen LogP contribution in [0.25, 0.3) is 0 Å². The number of nitrogens with one attached hydrogen (secondary N) is 2. The van der Waals surface area contributed by atoms with Crippen LogP contribution in [0.3, 0.4) is 0 Å². The van der Waals surface area contributed by atoms with E-state index in [1.165, 1.54) is 11.3 Å². The summed E-state index contributed by atoms with van der Waals surface area (Å²) in [5.74, 6) is -0.00421. The van der Waals surface area contributed by atoms with E-state index in [0.29, 0.717) is 12.6 Å². The zero-order valence-corrected chi connectivity index (χ0v) is 11.2. The van der Waals surface area contributed by atoms with E-state index < -0.39 is 0 Å². The van der Waals surface area contributed by atoms with Crippen LogP contribution in [-0.4, -0.2) is 25.0 Å². The van der Waals surface area contributed by atoms with Gasteiger partial charge in [-0.05, 0) is 41.5 Å². The number of hydrogen-bond donors (Lipinski definition) is 2. The average molecular weight is 291 g/mol. The number of halogens is 1. The molecule has 1 aromatic rings. The third-order valence-electron chi connectivity index (χ3n) is 1.92. The van der Waals surface area contributed by atoms with Crippen molar-refractivity contribution >= 4 is 33.2 Å². The number of rotatable bonds is 5. The molecule has 0 saturated heterocycles. The summed E-state index contributed by atoms with van der Waals surface area (Å²) in [6.07, 6.45) is 0. The molecule has 0 bridgehead atoms. The Morgan fingerprint density at radius 2 is 2.33 bits per heavy atom. The highest BCUT2D eigenvalue weighted by Crippen LogP contribution is 2.21. The first-order valence-corrected chi connectivity index (χ1v) is 6.51. The van der Waals surface area contributed by atoms with Crippen molar-refractivity contribution in [2.45, 2.75) is 19.9 Å². The van der Waals surface area contributed by atoms with Gasteiger partial charge >= 0.3 is 0 Å². The van der Waals surface area contributed by atoms with Crippen LogP contribution >= 0.6 is 27.3 Å². The summed E-state index contributed by atoms with van der Waals surface area (Å²) >= 11 is 4.78. The molecule has 84 valence electrons. The fourth-order valence-electron chi connectivity index (χ4n) is 1.19. The maximum absolute atomic E-state index is 11.6. The van der Waals surface area contributed by atoms with E-state index in [0.717, 1.165) is 15.2 Å². The molecule has 0 aromatic carbocycles. The predicted octanol–water partition coefficient (Wildman–Crippen LogP) is 2.24. The first-order chi connectivity index (χ1) is 7.13. The number of thiophene rings is 1. The highest BCUT2D eigenvalue weighted by atomic mass is 79.9. The van der Waals surface area contributed by atoms with Crippen molar-refractivity contribution in [3.05, 3.63) is 20.8 Å². The first-order valence-electron chi connectivity index (χ1n) is 4.90. The predicted molar refractivity (Wildman–Crippen MR) is 67.5 cm³/mol. The Morgan fingerprint density at radius 1 is 1.60 bits per heavy atom. The van der Waals surface area contributed by atoms with Crippen molar-refractivity contribution in [1.82, 2.24) is 10.6 Å². The quantitative estimate of drug-likeness (QED) is 0.873. The van der Waals surface area contributed by atoms with Gasteiger partial charge in [0.05, 0.1) is 8.66 Å². The summed E-state index contributed by atoms with van der Waals surface area (Å²) in [7, 11) is 0. The maximum atomic E-state index is 11.6. The molecule has 1 atom stereocenters. The van der Waals surface area contributed by atoms with E-state index in [2.05, 4.69) is 33.5 Å². The van der Waals surface area contributed by atoms with Crippen LogP contribution in [0.1, 0.15) is 23.5 Å². The summed E-state index contributed by atoms with van der Waals surface area (Å²) in [5.41, 5.74) is 0. The molecule has 0 aliphatic carbocycles. The van der Waals surface area contributed by atoms with E-state index in [1.54, 1.807) is 0 Å². The highest BCUT2D eigenvalue weighted by molar-refractivity contribution is 9.11. The summed E-state index contributed by atoms with van der Waals surface area (Å²) in [6, 6.07) is 4.01. The van der Waals surface area contributed by atoms with Gasteiger partial charge < -0.3 is 10.6 Å². The Kier molecular flexibility index (Phi) is 5.28. The molecular weight excluding hydrogens is 276 g/mol. The van der Waals surface area contributed by atoms with Gasteiger partial charge in [0, 0.05) is 12.6 Å². The molecule has 0 radical (unpaired) electrons. The lowest BCUT2D eigenvalue weighted by atomic mass is 10.3. The molecule has 1 rings (SSSR count). The van der Waals surface area contributed by atoms with Crippen LogP contribution in [0.5, 0.6) is 0 Å². The molecular formula is C10H15BrN2OS. The highest BCUT2D eigenvalue weighted by Gasteiger charge is 2.08. The van der Waals surface area contributed by atoms with Crippen molar-refractivity contribution in [2.75, 3.05) is 13.1 Å². The second-order valence-corrected chi connectivity index (χ2v) is 5.74. The maximum Gasteiger partial charge on any atom is 0.261 e. The van der Waals surface area contributed by atoms with Crippen molar-refractivity contribution in [2.24, 2.45) is 0 Å². The first kappa shape index (κ1) is 12.7. The zero-order chi connectivity index (χ0) is 11.3. The van der Waals surface area contributed by atoms with Gasteiger partial charge in [0.15, 0.2) is 0 Å². The van der Waals surface area contributed by atoms with E-state index in [1.807, 2.05) is 19.1 Å². The van der Waals surface area contributed by atoms with Crippen LogP contribution in [0, 0.1) is 0 Å². The van der Waals surface area contributed by atoms with Crippen molar-refractivity contribution < 1.29 is 4.79 Å². The number of likely N-dealkylation sites (N-methyl/N-ethyl adjacent to an activating group) is 1. The molecule has 15 heavy (non-hydrogen) atoms. The smallest absolute Gasteiger partial charge is 0.261 e. The van der Waals surface area contributed by atoms with Crippen LogP contribution in [0.2, 0.25) is 0 Å². The SMILES string of the molecule is CCN[C@H](C)CNC(=O)c1ccc(Br)s1. The second-order valence-electron chi connectivity index (χ2n) is 3.27. The minimum absolute atomic E-state index is 0.00421. The Hall–Kier alpha value is -0.390. The standard InChI is InChI=1S/C10H15BrN2OS/c1-3-12-7(2)6-13-10(14)8-4-5-9(11)15-8/h4-5,7,12H,3,6H2,1-2H3,(H,13,14)/t7-/m1/s1. The molecule has 2 N–H and O–H groups in total. The molecule has 0 aliphatic heterocycles. The molecule has 0 fully saturated rings. The molecule has 5 heteroatoms.